The Labute approximate surface area is 145 Å². The highest BCUT2D eigenvalue weighted by Crippen LogP contribution is 2.24. The van der Waals surface area contributed by atoms with Gasteiger partial charge in [-0.15, -0.1) is 0 Å². The number of rotatable bonds is 5. The molecule has 1 N–H and O–H groups in total. The molecule has 2 rings (SSSR count). The zero-order valence-corrected chi connectivity index (χ0v) is 15.2. The normalized spacial score (nSPS) is 16.3. The van der Waals surface area contributed by atoms with E-state index in [1.165, 1.54) is 0 Å². The van der Waals surface area contributed by atoms with Crippen molar-refractivity contribution in [2.45, 2.75) is 45.2 Å². The van der Waals surface area contributed by atoms with Gasteiger partial charge in [-0.1, -0.05) is 30.3 Å². The summed E-state index contributed by atoms with van der Waals surface area (Å²) < 4.78 is 0. The largest absolute Gasteiger partial charge is 0.350 e. The molecule has 1 atom stereocenters. The van der Waals surface area contributed by atoms with Crippen molar-refractivity contribution < 1.29 is 9.59 Å². The minimum absolute atomic E-state index is 0.0693. The standard InChI is InChI=1S/C19H29N3O2/c1-19(2,3)20-16(23)14-21(4)17(15-10-6-5-7-11-15)18(24)22-12-8-9-13-22/h5-7,10-11,17H,8-9,12-14H2,1-4H3,(H,20,23)/t17-/m0/s1. The molecular formula is C19H29N3O2. The SMILES string of the molecule is CN(CC(=O)NC(C)(C)C)[C@H](C(=O)N1CCCC1)c1ccccc1. The maximum absolute atomic E-state index is 13.0. The number of likely N-dealkylation sites (tertiary alicyclic amines) is 1. The van der Waals surface area contributed by atoms with Gasteiger partial charge >= 0.3 is 0 Å². The van der Waals surface area contributed by atoms with Crippen LogP contribution in [0.1, 0.15) is 45.2 Å². The summed E-state index contributed by atoms with van der Waals surface area (Å²) in [5, 5.41) is 2.96. The van der Waals surface area contributed by atoms with Crippen molar-refractivity contribution in [2.24, 2.45) is 0 Å². The molecule has 5 heteroatoms. The van der Waals surface area contributed by atoms with Crippen molar-refractivity contribution in [3.05, 3.63) is 35.9 Å². The van der Waals surface area contributed by atoms with Gasteiger partial charge in [0, 0.05) is 18.6 Å². The summed E-state index contributed by atoms with van der Waals surface area (Å²) >= 11 is 0. The average molecular weight is 331 g/mol. The molecule has 0 bridgehead atoms. The van der Waals surface area contributed by atoms with E-state index in [1.807, 2.05) is 68.0 Å². The number of nitrogens with zero attached hydrogens (tertiary/aromatic N) is 2. The van der Waals surface area contributed by atoms with Crippen molar-refractivity contribution in [2.75, 3.05) is 26.7 Å². The topological polar surface area (TPSA) is 52.7 Å². The number of likely N-dealkylation sites (N-methyl/N-ethyl adjacent to an activating group) is 1. The Morgan fingerprint density at radius 3 is 2.29 bits per heavy atom. The van der Waals surface area contributed by atoms with E-state index in [2.05, 4.69) is 5.32 Å². The minimum atomic E-state index is -0.421. The first-order chi connectivity index (χ1) is 11.3. The maximum Gasteiger partial charge on any atom is 0.244 e. The number of carbonyl (C=O) groups excluding carboxylic acids is 2. The summed E-state index contributed by atoms with van der Waals surface area (Å²) in [6.45, 7) is 7.67. The van der Waals surface area contributed by atoms with E-state index in [9.17, 15) is 9.59 Å². The zero-order chi connectivity index (χ0) is 17.7. The van der Waals surface area contributed by atoms with Crippen LogP contribution in [0.15, 0.2) is 30.3 Å². The molecule has 1 aromatic rings. The molecule has 5 nitrogen and oxygen atoms in total. The fourth-order valence-electron chi connectivity index (χ4n) is 3.11. The second-order valence-corrected chi connectivity index (χ2v) is 7.56. The van der Waals surface area contributed by atoms with Crippen LogP contribution in [0.2, 0.25) is 0 Å². The Kier molecular flexibility index (Phi) is 5.99. The van der Waals surface area contributed by atoms with E-state index in [0.717, 1.165) is 31.5 Å². The van der Waals surface area contributed by atoms with Crippen molar-refractivity contribution >= 4 is 11.8 Å². The molecule has 24 heavy (non-hydrogen) atoms. The van der Waals surface area contributed by atoms with Crippen LogP contribution >= 0.6 is 0 Å². The maximum atomic E-state index is 13.0. The number of nitrogens with one attached hydrogen (secondary N) is 1. The van der Waals surface area contributed by atoms with Crippen molar-refractivity contribution in [1.82, 2.24) is 15.1 Å². The Balaban J connectivity index is 2.15. The molecule has 1 aromatic carbocycles. The average Bonchev–Trinajstić information content (AvgIpc) is 3.00. The highest BCUT2D eigenvalue weighted by Gasteiger charge is 2.32. The van der Waals surface area contributed by atoms with Crippen LogP contribution in [0.5, 0.6) is 0 Å². The molecule has 132 valence electrons. The quantitative estimate of drug-likeness (QED) is 0.900. The molecule has 1 fully saturated rings. The van der Waals surface area contributed by atoms with Gasteiger partial charge in [0.2, 0.25) is 11.8 Å². The highest BCUT2D eigenvalue weighted by atomic mass is 16.2. The summed E-state index contributed by atoms with van der Waals surface area (Å²) in [5.41, 5.74) is 0.652. The molecule has 0 radical (unpaired) electrons. The van der Waals surface area contributed by atoms with E-state index in [0.29, 0.717) is 0 Å². The first kappa shape index (κ1) is 18.5. The van der Waals surface area contributed by atoms with E-state index < -0.39 is 6.04 Å². The van der Waals surface area contributed by atoms with Gasteiger partial charge < -0.3 is 10.2 Å². The van der Waals surface area contributed by atoms with Gasteiger partial charge in [0.1, 0.15) is 6.04 Å². The first-order valence-electron chi connectivity index (χ1n) is 8.63. The lowest BCUT2D eigenvalue weighted by Crippen LogP contribution is -2.48. The van der Waals surface area contributed by atoms with Gasteiger partial charge in [-0.25, -0.2) is 0 Å². The van der Waals surface area contributed by atoms with Crippen LogP contribution in [0, 0.1) is 0 Å². The number of benzene rings is 1. The van der Waals surface area contributed by atoms with Gasteiger partial charge in [0.05, 0.1) is 6.54 Å². The van der Waals surface area contributed by atoms with Crippen LogP contribution in [0.25, 0.3) is 0 Å². The third kappa shape index (κ3) is 5.06. The zero-order valence-electron chi connectivity index (χ0n) is 15.2. The van der Waals surface area contributed by atoms with E-state index >= 15 is 0 Å². The van der Waals surface area contributed by atoms with E-state index in [-0.39, 0.29) is 23.9 Å². The molecular weight excluding hydrogens is 302 g/mol. The summed E-state index contributed by atoms with van der Waals surface area (Å²) in [6, 6.07) is 9.29. The highest BCUT2D eigenvalue weighted by molar-refractivity contribution is 5.85. The van der Waals surface area contributed by atoms with Crippen molar-refractivity contribution in [3.63, 3.8) is 0 Å². The number of hydrogen-bond acceptors (Lipinski definition) is 3. The molecule has 1 heterocycles. The Morgan fingerprint density at radius 1 is 1.17 bits per heavy atom. The van der Waals surface area contributed by atoms with Gasteiger partial charge in [0.15, 0.2) is 0 Å². The lowest BCUT2D eigenvalue weighted by Gasteiger charge is -2.31. The molecule has 1 saturated heterocycles. The third-order valence-corrected chi connectivity index (χ3v) is 4.12. The molecule has 0 aliphatic carbocycles. The molecule has 0 unspecified atom stereocenters. The smallest absolute Gasteiger partial charge is 0.244 e. The van der Waals surface area contributed by atoms with Crippen LogP contribution in [-0.2, 0) is 9.59 Å². The van der Waals surface area contributed by atoms with Crippen molar-refractivity contribution in [1.29, 1.82) is 0 Å². The number of amides is 2. The predicted octanol–water partition coefficient (Wildman–Crippen LogP) is 2.20. The van der Waals surface area contributed by atoms with E-state index in [4.69, 9.17) is 0 Å². The second-order valence-electron chi connectivity index (χ2n) is 7.56. The van der Waals surface area contributed by atoms with Crippen molar-refractivity contribution in [3.8, 4) is 0 Å². The molecule has 0 aromatic heterocycles. The van der Waals surface area contributed by atoms with Gasteiger partial charge in [0.25, 0.3) is 0 Å². The lowest BCUT2D eigenvalue weighted by molar-refractivity contribution is -0.136. The molecule has 0 saturated carbocycles. The summed E-state index contributed by atoms with van der Waals surface area (Å²) in [4.78, 5) is 29.0. The van der Waals surface area contributed by atoms with Crippen LogP contribution in [-0.4, -0.2) is 53.8 Å². The molecule has 2 amide bonds. The summed E-state index contributed by atoms with van der Waals surface area (Å²) in [5.74, 6) is 0.0184. The molecule has 1 aliphatic rings. The minimum Gasteiger partial charge on any atom is -0.350 e. The first-order valence-corrected chi connectivity index (χ1v) is 8.63. The monoisotopic (exact) mass is 331 g/mol. The van der Waals surface area contributed by atoms with Crippen LogP contribution < -0.4 is 5.32 Å². The fraction of sp³-hybridized carbons (Fsp3) is 0.579. The number of hydrogen-bond donors (Lipinski definition) is 1. The fourth-order valence-corrected chi connectivity index (χ4v) is 3.11. The van der Waals surface area contributed by atoms with E-state index in [1.54, 1.807) is 0 Å². The van der Waals surface area contributed by atoms with Crippen LogP contribution in [0.3, 0.4) is 0 Å². The Bertz CT molecular complexity index is 560. The van der Waals surface area contributed by atoms with Gasteiger partial charge in [-0.2, -0.15) is 0 Å². The lowest BCUT2D eigenvalue weighted by atomic mass is 10.0. The third-order valence-electron chi connectivity index (χ3n) is 4.12. The molecule has 1 aliphatic heterocycles. The Morgan fingerprint density at radius 2 is 1.75 bits per heavy atom. The summed E-state index contributed by atoms with van der Waals surface area (Å²) in [6.07, 6.45) is 2.11. The van der Waals surface area contributed by atoms with Crippen LogP contribution in [0.4, 0.5) is 0 Å². The van der Waals surface area contributed by atoms with Gasteiger partial charge in [-0.3, -0.25) is 14.5 Å². The number of carbonyl (C=O) groups is 2. The Hall–Kier alpha value is -1.88. The second kappa shape index (κ2) is 7.79. The predicted molar refractivity (Wildman–Crippen MR) is 95.5 cm³/mol. The molecule has 0 spiro atoms. The summed E-state index contributed by atoms with van der Waals surface area (Å²) in [7, 11) is 1.84. The van der Waals surface area contributed by atoms with Gasteiger partial charge in [-0.05, 0) is 46.2 Å².